The Labute approximate surface area is 136 Å². The Morgan fingerprint density at radius 2 is 1.86 bits per heavy atom. The molecule has 0 saturated carbocycles. The van der Waals surface area contributed by atoms with Gasteiger partial charge in [0.05, 0.1) is 10.7 Å². The number of hydrogen-bond donors (Lipinski definition) is 1. The number of aryl methyl sites for hydroxylation is 2. The molecule has 3 nitrogen and oxygen atoms in total. The Balaban J connectivity index is 2.50. The second-order valence-electron chi connectivity index (χ2n) is 4.62. The summed E-state index contributed by atoms with van der Waals surface area (Å²) in [7, 11) is -3.98. The van der Waals surface area contributed by atoms with Crippen molar-refractivity contribution in [1.82, 2.24) is 0 Å². The van der Waals surface area contributed by atoms with Crippen LogP contribution in [0, 0.1) is 19.7 Å². The molecule has 0 spiro atoms. The van der Waals surface area contributed by atoms with Crippen LogP contribution in [0.2, 0.25) is 5.02 Å². The van der Waals surface area contributed by atoms with Crippen molar-refractivity contribution in [3.8, 4) is 0 Å². The van der Waals surface area contributed by atoms with E-state index in [1.54, 1.807) is 13.0 Å². The van der Waals surface area contributed by atoms with Crippen LogP contribution in [-0.2, 0) is 10.0 Å². The minimum absolute atomic E-state index is 0.0372. The topological polar surface area (TPSA) is 46.2 Å². The first-order valence-electron chi connectivity index (χ1n) is 5.95. The molecule has 112 valence electrons. The average Bonchev–Trinajstić information content (AvgIpc) is 2.36. The molecule has 0 amide bonds. The van der Waals surface area contributed by atoms with Crippen LogP contribution in [0.1, 0.15) is 11.1 Å². The summed E-state index contributed by atoms with van der Waals surface area (Å²) >= 11 is 9.18. The third-order valence-corrected chi connectivity index (χ3v) is 5.31. The second-order valence-corrected chi connectivity index (χ2v) is 7.53. The van der Waals surface area contributed by atoms with E-state index < -0.39 is 15.8 Å². The lowest BCUT2D eigenvalue weighted by Crippen LogP contribution is -2.15. The van der Waals surface area contributed by atoms with Gasteiger partial charge >= 0.3 is 0 Å². The first kappa shape index (κ1) is 16.3. The standard InChI is InChI=1S/C14H12BrClFNO2S/c1-8-5-9(2)14(11(15)6-8)18-21(19,20)13-7-10(17)3-4-12(13)16/h3-7,18H,1-2H3. The summed E-state index contributed by atoms with van der Waals surface area (Å²) in [5, 5.41) is -0.0372. The zero-order valence-electron chi connectivity index (χ0n) is 11.2. The highest BCUT2D eigenvalue weighted by atomic mass is 79.9. The molecule has 7 heteroatoms. The van der Waals surface area contributed by atoms with Crippen LogP contribution in [0.15, 0.2) is 39.7 Å². The van der Waals surface area contributed by atoms with E-state index in [1.807, 2.05) is 13.0 Å². The second kappa shape index (κ2) is 5.94. The predicted octanol–water partition coefficient (Wildman–Crippen LogP) is 4.66. The third-order valence-electron chi connectivity index (χ3n) is 2.85. The molecule has 0 aliphatic heterocycles. The van der Waals surface area contributed by atoms with E-state index in [4.69, 9.17) is 11.6 Å². The van der Waals surface area contributed by atoms with Gasteiger partial charge in [-0.3, -0.25) is 4.72 Å². The monoisotopic (exact) mass is 391 g/mol. The van der Waals surface area contributed by atoms with E-state index in [0.717, 1.165) is 23.3 Å². The average molecular weight is 393 g/mol. The molecule has 0 bridgehead atoms. The maximum atomic E-state index is 13.3. The van der Waals surface area contributed by atoms with Crippen LogP contribution < -0.4 is 4.72 Å². The number of benzene rings is 2. The van der Waals surface area contributed by atoms with Crippen molar-refractivity contribution in [2.45, 2.75) is 18.7 Å². The van der Waals surface area contributed by atoms with Gasteiger partial charge in [0.2, 0.25) is 0 Å². The number of sulfonamides is 1. The van der Waals surface area contributed by atoms with Gasteiger partial charge in [-0.1, -0.05) is 17.7 Å². The fourth-order valence-electron chi connectivity index (χ4n) is 1.92. The van der Waals surface area contributed by atoms with Crippen LogP contribution in [0.25, 0.3) is 0 Å². The molecular weight excluding hydrogens is 381 g/mol. The lowest BCUT2D eigenvalue weighted by molar-refractivity contribution is 0.595. The van der Waals surface area contributed by atoms with E-state index in [0.29, 0.717) is 10.2 Å². The summed E-state index contributed by atoms with van der Waals surface area (Å²) in [6, 6.07) is 6.84. The zero-order valence-corrected chi connectivity index (χ0v) is 14.4. The Kier molecular flexibility index (Phi) is 4.60. The van der Waals surface area contributed by atoms with Crippen LogP contribution in [0.4, 0.5) is 10.1 Å². The number of rotatable bonds is 3. The SMILES string of the molecule is Cc1cc(C)c(NS(=O)(=O)c2cc(F)ccc2Cl)c(Br)c1. The summed E-state index contributed by atoms with van der Waals surface area (Å²) in [5.41, 5.74) is 2.14. The van der Waals surface area contributed by atoms with E-state index in [2.05, 4.69) is 20.7 Å². The van der Waals surface area contributed by atoms with Gasteiger partial charge in [0.25, 0.3) is 10.0 Å². The first-order valence-corrected chi connectivity index (χ1v) is 8.61. The highest BCUT2D eigenvalue weighted by Gasteiger charge is 2.21. The molecule has 0 atom stereocenters. The normalized spacial score (nSPS) is 11.5. The molecule has 0 unspecified atom stereocenters. The lowest BCUT2D eigenvalue weighted by atomic mass is 10.1. The molecule has 0 saturated heterocycles. The molecule has 2 aromatic carbocycles. The summed E-state index contributed by atoms with van der Waals surface area (Å²) in [6.45, 7) is 3.68. The van der Waals surface area contributed by atoms with Crippen LogP contribution in [0.3, 0.4) is 0 Å². The molecule has 0 aliphatic rings. The smallest absolute Gasteiger partial charge is 0.263 e. The van der Waals surface area contributed by atoms with Crippen molar-refractivity contribution in [2.75, 3.05) is 4.72 Å². The number of hydrogen-bond acceptors (Lipinski definition) is 2. The van der Waals surface area contributed by atoms with Crippen molar-refractivity contribution in [3.63, 3.8) is 0 Å². The summed E-state index contributed by atoms with van der Waals surface area (Å²) in [5.74, 6) is -0.667. The molecule has 2 rings (SSSR count). The summed E-state index contributed by atoms with van der Waals surface area (Å²) < 4.78 is 41.1. The minimum Gasteiger partial charge on any atom is -0.278 e. The van der Waals surface area contributed by atoms with Crippen molar-refractivity contribution in [3.05, 3.63) is 56.8 Å². The van der Waals surface area contributed by atoms with E-state index in [-0.39, 0.29) is 9.92 Å². The van der Waals surface area contributed by atoms with Gasteiger partial charge in [-0.2, -0.15) is 0 Å². The summed E-state index contributed by atoms with van der Waals surface area (Å²) in [4.78, 5) is -0.295. The van der Waals surface area contributed by atoms with Gasteiger partial charge in [-0.25, -0.2) is 12.8 Å². The third kappa shape index (κ3) is 3.56. The van der Waals surface area contributed by atoms with Gasteiger partial charge in [0.15, 0.2) is 0 Å². The lowest BCUT2D eigenvalue weighted by Gasteiger charge is -2.14. The molecule has 0 fully saturated rings. The fraction of sp³-hybridized carbons (Fsp3) is 0.143. The molecule has 21 heavy (non-hydrogen) atoms. The van der Waals surface area contributed by atoms with E-state index in [9.17, 15) is 12.8 Å². The molecular formula is C14H12BrClFNO2S. The number of nitrogens with one attached hydrogen (secondary N) is 1. The highest BCUT2D eigenvalue weighted by Crippen LogP contribution is 2.31. The van der Waals surface area contributed by atoms with E-state index in [1.165, 1.54) is 6.07 Å². The highest BCUT2D eigenvalue weighted by molar-refractivity contribution is 9.10. The molecule has 0 heterocycles. The quantitative estimate of drug-likeness (QED) is 0.826. The largest absolute Gasteiger partial charge is 0.278 e. The van der Waals surface area contributed by atoms with Gasteiger partial charge in [-0.15, -0.1) is 0 Å². The molecule has 0 radical (unpaired) electrons. The zero-order chi connectivity index (χ0) is 15.8. The van der Waals surface area contributed by atoms with Gasteiger partial charge in [-0.05, 0) is 65.2 Å². The fourth-order valence-corrected chi connectivity index (χ4v) is 4.49. The Hall–Kier alpha value is -1.11. The van der Waals surface area contributed by atoms with Gasteiger partial charge in [0, 0.05) is 4.47 Å². The molecule has 0 aliphatic carbocycles. The van der Waals surface area contributed by atoms with Crippen LogP contribution in [-0.4, -0.2) is 8.42 Å². The minimum atomic E-state index is -3.98. The van der Waals surface area contributed by atoms with Crippen LogP contribution in [0.5, 0.6) is 0 Å². The number of halogens is 3. The van der Waals surface area contributed by atoms with Crippen molar-refractivity contribution in [1.29, 1.82) is 0 Å². The van der Waals surface area contributed by atoms with Gasteiger partial charge < -0.3 is 0 Å². The number of anilines is 1. The first-order chi connectivity index (χ1) is 9.70. The predicted molar refractivity (Wildman–Crippen MR) is 85.8 cm³/mol. The molecule has 1 N–H and O–H groups in total. The molecule has 0 aromatic heterocycles. The Bertz CT molecular complexity index is 786. The molecule has 2 aromatic rings. The van der Waals surface area contributed by atoms with Crippen molar-refractivity contribution < 1.29 is 12.8 Å². The van der Waals surface area contributed by atoms with E-state index >= 15 is 0 Å². The van der Waals surface area contributed by atoms with Crippen LogP contribution >= 0.6 is 27.5 Å². The van der Waals surface area contributed by atoms with Gasteiger partial charge in [0.1, 0.15) is 10.7 Å². The van der Waals surface area contributed by atoms with Crippen molar-refractivity contribution >= 4 is 43.2 Å². The maximum absolute atomic E-state index is 13.3. The summed E-state index contributed by atoms with van der Waals surface area (Å²) in [6.07, 6.45) is 0. The maximum Gasteiger partial charge on any atom is 0.263 e. The Morgan fingerprint density at radius 1 is 1.19 bits per heavy atom. The Morgan fingerprint density at radius 3 is 2.48 bits per heavy atom. The van der Waals surface area contributed by atoms with Crippen molar-refractivity contribution in [2.24, 2.45) is 0 Å².